The van der Waals surface area contributed by atoms with Gasteiger partial charge in [-0.2, -0.15) is 0 Å². The van der Waals surface area contributed by atoms with Crippen LogP contribution in [0.25, 0.3) is 0 Å². The van der Waals surface area contributed by atoms with Crippen molar-refractivity contribution in [3.05, 3.63) is 35.4 Å². The number of sulfonamides is 1. The molecule has 18 heavy (non-hydrogen) atoms. The highest BCUT2D eigenvalue weighted by molar-refractivity contribution is 7.88. The first-order valence-corrected chi connectivity index (χ1v) is 7.84. The van der Waals surface area contributed by atoms with Crippen LogP contribution in [0.2, 0.25) is 0 Å². The minimum absolute atomic E-state index is 0.0241. The quantitative estimate of drug-likeness (QED) is 0.820. The maximum Gasteiger partial charge on any atom is 0.216 e. The summed E-state index contributed by atoms with van der Waals surface area (Å²) in [6.07, 6.45) is 2.23. The molecule has 0 spiro atoms. The lowest BCUT2D eigenvalue weighted by molar-refractivity contribution is 0.282. The predicted molar refractivity (Wildman–Crippen MR) is 70.3 cm³/mol. The highest BCUT2D eigenvalue weighted by atomic mass is 32.2. The minimum atomic E-state index is -3.30. The van der Waals surface area contributed by atoms with Crippen molar-refractivity contribution in [2.75, 3.05) is 0 Å². The van der Waals surface area contributed by atoms with Crippen molar-refractivity contribution < 1.29 is 13.5 Å². The second kappa shape index (κ2) is 5.38. The van der Waals surface area contributed by atoms with Crippen LogP contribution in [0.5, 0.6) is 0 Å². The van der Waals surface area contributed by atoms with Crippen LogP contribution in [0.15, 0.2) is 24.3 Å². The standard InChI is InChI=1S/C13H19NO3S/c1-10(13-5-6-13)14-18(16,17)9-12-4-2-3-11(7-12)8-15/h2-4,7,10,13-15H,5-6,8-9H2,1H3. The Kier molecular flexibility index (Phi) is 4.04. The molecule has 0 amide bonds. The fraction of sp³-hybridized carbons (Fsp3) is 0.538. The summed E-state index contributed by atoms with van der Waals surface area (Å²) in [7, 11) is -3.30. The Bertz CT molecular complexity index is 509. The van der Waals surface area contributed by atoms with Gasteiger partial charge in [0.1, 0.15) is 0 Å². The summed E-state index contributed by atoms with van der Waals surface area (Å²) in [6.45, 7) is 1.85. The fourth-order valence-corrected chi connectivity index (χ4v) is 3.52. The van der Waals surface area contributed by atoms with Crippen LogP contribution < -0.4 is 4.72 Å². The van der Waals surface area contributed by atoms with Gasteiger partial charge in [0.15, 0.2) is 0 Å². The van der Waals surface area contributed by atoms with Gasteiger partial charge in [0.2, 0.25) is 10.0 Å². The molecule has 2 N–H and O–H groups in total. The van der Waals surface area contributed by atoms with E-state index in [1.54, 1.807) is 24.3 Å². The van der Waals surface area contributed by atoms with Gasteiger partial charge >= 0.3 is 0 Å². The van der Waals surface area contributed by atoms with Gasteiger partial charge < -0.3 is 5.11 Å². The smallest absolute Gasteiger partial charge is 0.216 e. The van der Waals surface area contributed by atoms with Gasteiger partial charge in [-0.15, -0.1) is 0 Å². The Labute approximate surface area is 108 Å². The van der Waals surface area contributed by atoms with Crippen LogP contribution in [0.4, 0.5) is 0 Å². The van der Waals surface area contributed by atoms with Gasteiger partial charge in [-0.25, -0.2) is 13.1 Å². The lowest BCUT2D eigenvalue weighted by Crippen LogP contribution is -2.34. The molecule has 0 radical (unpaired) electrons. The van der Waals surface area contributed by atoms with E-state index < -0.39 is 10.0 Å². The Morgan fingerprint density at radius 2 is 2.06 bits per heavy atom. The van der Waals surface area contributed by atoms with Crippen molar-refractivity contribution in [1.82, 2.24) is 4.72 Å². The summed E-state index contributed by atoms with van der Waals surface area (Å²) in [5.74, 6) is 0.473. The Hall–Kier alpha value is -0.910. The third-order valence-corrected chi connectivity index (χ3v) is 4.67. The average Bonchev–Trinajstić information content (AvgIpc) is 3.11. The van der Waals surface area contributed by atoms with Crippen molar-refractivity contribution in [2.24, 2.45) is 5.92 Å². The lowest BCUT2D eigenvalue weighted by atomic mass is 10.1. The molecule has 0 bridgehead atoms. The number of aliphatic hydroxyl groups excluding tert-OH is 1. The van der Waals surface area contributed by atoms with Crippen molar-refractivity contribution in [2.45, 2.75) is 38.2 Å². The molecule has 1 saturated carbocycles. The molecule has 0 heterocycles. The summed E-state index contributed by atoms with van der Waals surface area (Å²) < 4.78 is 26.7. The molecule has 1 aliphatic rings. The molecule has 1 aromatic carbocycles. The van der Waals surface area contributed by atoms with E-state index in [1.807, 2.05) is 6.92 Å². The topological polar surface area (TPSA) is 66.4 Å². The van der Waals surface area contributed by atoms with E-state index in [2.05, 4.69) is 4.72 Å². The van der Waals surface area contributed by atoms with Crippen molar-refractivity contribution >= 4 is 10.0 Å². The summed E-state index contributed by atoms with van der Waals surface area (Å²) in [5.41, 5.74) is 1.44. The van der Waals surface area contributed by atoms with Gasteiger partial charge in [0.25, 0.3) is 0 Å². The van der Waals surface area contributed by atoms with Gasteiger partial charge in [0.05, 0.1) is 12.4 Å². The molecule has 1 aliphatic carbocycles. The number of aliphatic hydroxyl groups is 1. The molecule has 2 rings (SSSR count). The van der Waals surface area contributed by atoms with Crippen molar-refractivity contribution in [3.63, 3.8) is 0 Å². The van der Waals surface area contributed by atoms with Crippen LogP contribution in [0, 0.1) is 5.92 Å². The molecule has 4 nitrogen and oxygen atoms in total. The molecule has 1 atom stereocenters. The normalized spacial score (nSPS) is 17.7. The zero-order chi connectivity index (χ0) is 13.2. The van der Waals surface area contributed by atoms with Crippen LogP contribution in [-0.4, -0.2) is 19.6 Å². The van der Waals surface area contributed by atoms with E-state index in [4.69, 9.17) is 5.11 Å². The fourth-order valence-electron chi connectivity index (χ4n) is 2.05. The third kappa shape index (κ3) is 3.80. The molecule has 1 fully saturated rings. The van der Waals surface area contributed by atoms with E-state index in [0.29, 0.717) is 11.5 Å². The monoisotopic (exact) mass is 269 g/mol. The first-order chi connectivity index (χ1) is 8.50. The van der Waals surface area contributed by atoms with E-state index in [1.165, 1.54) is 0 Å². The number of nitrogens with one attached hydrogen (secondary N) is 1. The molecule has 0 saturated heterocycles. The zero-order valence-electron chi connectivity index (χ0n) is 10.5. The second-order valence-corrected chi connectivity index (χ2v) is 6.73. The summed E-state index contributed by atoms with van der Waals surface area (Å²) in [6, 6.07) is 7.05. The molecule has 0 aromatic heterocycles. The van der Waals surface area contributed by atoms with Crippen molar-refractivity contribution in [1.29, 1.82) is 0 Å². The summed E-state index contributed by atoms with van der Waals surface area (Å²) >= 11 is 0. The predicted octanol–water partition coefficient (Wildman–Crippen LogP) is 1.40. The first-order valence-electron chi connectivity index (χ1n) is 6.19. The number of hydrogen-bond donors (Lipinski definition) is 2. The second-order valence-electron chi connectivity index (χ2n) is 4.98. The Morgan fingerprint density at radius 1 is 1.39 bits per heavy atom. The SMILES string of the molecule is CC(NS(=O)(=O)Cc1cccc(CO)c1)C1CC1. The van der Waals surface area contributed by atoms with Gasteiger partial charge in [0, 0.05) is 6.04 Å². The Morgan fingerprint density at radius 3 is 2.67 bits per heavy atom. The molecular weight excluding hydrogens is 250 g/mol. The van der Waals surface area contributed by atoms with Crippen molar-refractivity contribution in [3.8, 4) is 0 Å². The molecule has 1 aromatic rings. The maximum atomic E-state index is 12.0. The summed E-state index contributed by atoms with van der Waals surface area (Å²) in [4.78, 5) is 0. The Balaban J connectivity index is 2.01. The van der Waals surface area contributed by atoms with Crippen LogP contribution in [0.1, 0.15) is 30.9 Å². The third-order valence-electron chi connectivity index (χ3n) is 3.23. The zero-order valence-corrected chi connectivity index (χ0v) is 11.3. The first kappa shape index (κ1) is 13.5. The van der Waals surface area contributed by atoms with E-state index in [9.17, 15) is 8.42 Å². The molecule has 100 valence electrons. The molecule has 5 heteroatoms. The number of hydrogen-bond acceptors (Lipinski definition) is 3. The van der Waals surface area contributed by atoms with Gasteiger partial charge in [-0.1, -0.05) is 24.3 Å². The lowest BCUT2D eigenvalue weighted by Gasteiger charge is -2.13. The number of benzene rings is 1. The van der Waals surface area contributed by atoms with E-state index in [-0.39, 0.29) is 18.4 Å². The van der Waals surface area contributed by atoms with Crippen LogP contribution in [0.3, 0.4) is 0 Å². The van der Waals surface area contributed by atoms with Crippen LogP contribution in [-0.2, 0) is 22.4 Å². The van der Waals surface area contributed by atoms with Gasteiger partial charge in [-0.3, -0.25) is 0 Å². The molecule has 0 aliphatic heterocycles. The average molecular weight is 269 g/mol. The highest BCUT2D eigenvalue weighted by Crippen LogP contribution is 2.32. The largest absolute Gasteiger partial charge is 0.392 e. The molecule has 1 unspecified atom stereocenters. The van der Waals surface area contributed by atoms with E-state index >= 15 is 0 Å². The molecular formula is C13H19NO3S. The minimum Gasteiger partial charge on any atom is -0.392 e. The maximum absolute atomic E-state index is 12.0. The van der Waals surface area contributed by atoms with Crippen LogP contribution >= 0.6 is 0 Å². The van der Waals surface area contributed by atoms with E-state index in [0.717, 1.165) is 18.4 Å². The number of rotatable bonds is 6. The van der Waals surface area contributed by atoms with Gasteiger partial charge in [-0.05, 0) is 36.8 Å². The highest BCUT2D eigenvalue weighted by Gasteiger charge is 2.30. The summed E-state index contributed by atoms with van der Waals surface area (Å²) in [5, 5.41) is 9.02.